The van der Waals surface area contributed by atoms with Crippen LogP contribution < -0.4 is 31.4 Å². The van der Waals surface area contributed by atoms with Crippen LogP contribution in [0, 0.1) is 0 Å². The first-order valence-electron chi connectivity index (χ1n) is 26.0. The number of benzene rings is 1. The first-order valence-corrected chi connectivity index (χ1v) is 26.0. The molecule has 1 aromatic heterocycles. The van der Waals surface area contributed by atoms with Gasteiger partial charge in [0.15, 0.2) is 0 Å². The molecule has 1 saturated heterocycles. The van der Waals surface area contributed by atoms with E-state index < -0.39 is 158 Å². The number of carboxylic acids is 7. The van der Waals surface area contributed by atoms with Crippen LogP contribution >= 0.6 is 0 Å². The molecule has 3 rings (SSSR count). The Kier molecular flexibility index (Phi) is 28.8. The topological polar surface area (TPSA) is 491 Å². The minimum atomic E-state index is -1.84. The number of hydrogen-bond donors (Lipinski definition) is 14. The average Bonchev–Trinajstić information content (AvgIpc) is 3.80. The van der Waals surface area contributed by atoms with Gasteiger partial charge in [-0.05, 0) is 56.7 Å². The number of unbranched alkanes of at least 4 members (excludes halogenated alkanes) is 1. The Morgan fingerprint density at radius 2 is 0.855 bits per heavy atom. The summed E-state index contributed by atoms with van der Waals surface area (Å²) in [6.45, 7) is 0.151. The van der Waals surface area contributed by atoms with E-state index in [4.69, 9.17) is 4.84 Å². The number of aliphatic carboxylic acids is 7. The third-order valence-electron chi connectivity index (χ3n) is 12.6. The number of amides is 5. The summed E-state index contributed by atoms with van der Waals surface area (Å²) in [5, 5.41) is 98.2. The molecule has 83 heavy (non-hydrogen) atoms. The van der Waals surface area contributed by atoms with Crippen molar-refractivity contribution in [3.05, 3.63) is 47.5 Å². The Morgan fingerprint density at radius 1 is 0.458 bits per heavy atom. The van der Waals surface area contributed by atoms with Crippen LogP contribution in [0.5, 0.6) is 11.8 Å². The molecule has 33 nitrogen and oxygen atoms in total. The summed E-state index contributed by atoms with van der Waals surface area (Å²) >= 11 is 0. The van der Waals surface area contributed by atoms with E-state index in [0.717, 1.165) is 18.2 Å². The first kappa shape index (κ1) is 68.3. The Balaban J connectivity index is 1.70. The van der Waals surface area contributed by atoms with Gasteiger partial charge in [-0.1, -0.05) is 6.07 Å². The SMILES string of the molecule is O=C(O)CCC(NC(=O)c1cccc(C(=O)On2c(O)ccc2O)c1)C(=O)NC(CCC(=O)O)C(=O)NC(CCC(=O)O)C(=O)NC(CCCCNC(=O)CN1CCN(CC(=O)O)CCN(CC(=O)O)CCN(CC(=O)O)CC1)CC(=O)O. The van der Waals surface area contributed by atoms with Gasteiger partial charge in [0.1, 0.15) is 18.1 Å². The molecule has 0 bridgehead atoms. The molecule has 2 aromatic rings. The van der Waals surface area contributed by atoms with E-state index in [2.05, 4.69) is 26.6 Å². The molecule has 0 radical (unpaired) electrons. The second-order valence-corrected chi connectivity index (χ2v) is 19.2. The predicted octanol–water partition coefficient (Wildman–Crippen LogP) is -3.45. The molecule has 1 fully saturated rings. The molecule has 4 unspecified atom stereocenters. The van der Waals surface area contributed by atoms with Crippen molar-refractivity contribution in [2.75, 3.05) is 85.1 Å². The summed E-state index contributed by atoms with van der Waals surface area (Å²) in [5.74, 6) is -16.6. The number of nitrogens with zero attached hydrogens (tertiary/aromatic N) is 5. The van der Waals surface area contributed by atoms with E-state index in [-0.39, 0.29) is 115 Å². The smallest absolute Gasteiger partial charge is 0.363 e. The van der Waals surface area contributed by atoms with Crippen LogP contribution in [0.2, 0.25) is 0 Å². The van der Waals surface area contributed by atoms with Gasteiger partial charge in [-0.2, -0.15) is 0 Å². The van der Waals surface area contributed by atoms with Crippen LogP contribution in [0.15, 0.2) is 36.4 Å². The van der Waals surface area contributed by atoms with Gasteiger partial charge < -0.3 is 77.4 Å². The maximum atomic E-state index is 13.9. The number of aromatic nitrogens is 1. The number of carbonyl (C=O) groups is 13. The lowest BCUT2D eigenvalue weighted by molar-refractivity contribution is -0.140. The first-order chi connectivity index (χ1) is 39.2. The van der Waals surface area contributed by atoms with E-state index in [1.54, 1.807) is 19.6 Å². The lowest BCUT2D eigenvalue weighted by Gasteiger charge is -2.32. The Morgan fingerprint density at radius 3 is 1.27 bits per heavy atom. The second-order valence-electron chi connectivity index (χ2n) is 19.2. The standard InChI is InChI=1S/C50H70N10O23/c61-36(26-56-16-18-57(27-43(72)73)20-22-59(29-45(76)77)23-21-58(19-17-56)28-44(74)75)51-15-2-1-6-32(25-42(70)71)52-47(79)33(7-12-39(64)65)54-49(81)35(9-14-41(68)69)55-48(80)34(8-13-40(66)67)53-46(78)30-4-3-5-31(24-30)50(82)83-60-37(62)10-11-38(60)63/h3-5,10-11,24,32-35,62-63H,1-2,6-9,12-23,25-29H2,(H,51,61)(H,52,79)(H,53,78)(H,54,81)(H,55,80)(H,64,65)(H,66,67)(H,68,69)(H,70,71)(H,72,73)(H,74,75)(H,76,77). The summed E-state index contributed by atoms with van der Waals surface area (Å²) in [7, 11) is 0. The van der Waals surface area contributed by atoms with Gasteiger partial charge in [0.05, 0.1) is 38.2 Å². The van der Waals surface area contributed by atoms with Crippen molar-refractivity contribution in [3.63, 3.8) is 0 Å². The highest BCUT2D eigenvalue weighted by Gasteiger charge is 2.32. The highest BCUT2D eigenvalue weighted by Crippen LogP contribution is 2.20. The zero-order chi connectivity index (χ0) is 61.8. The zero-order valence-electron chi connectivity index (χ0n) is 45.0. The molecule has 0 aliphatic carbocycles. The quantitative estimate of drug-likeness (QED) is 0.0303. The van der Waals surface area contributed by atoms with E-state index in [1.165, 1.54) is 18.2 Å². The third kappa shape index (κ3) is 26.9. The van der Waals surface area contributed by atoms with Gasteiger partial charge in [-0.15, -0.1) is 4.73 Å². The number of rotatable bonds is 34. The minimum absolute atomic E-state index is 0.0274. The van der Waals surface area contributed by atoms with Crippen LogP contribution in [0.3, 0.4) is 0 Å². The van der Waals surface area contributed by atoms with Crippen molar-refractivity contribution in [2.45, 2.75) is 88.4 Å². The molecule has 0 spiro atoms. The van der Waals surface area contributed by atoms with Crippen LogP contribution in [0.1, 0.15) is 84.9 Å². The largest absolute Gasteiger partial charge is 0.492 e. The van der Waals surface area contributed by atoms with Crippen LogP contribution in [0.25, 0.3) is 0 Å². The lowest BCUT2D eigenvalue weighted by atomic mass is 10.0. The Bertz CT molecular complexity index is 2580. The zero-order valence-corrected chi connectivity index (χ0v) is 45.0. The number of hydrogen-bond acceptors (Lipinski definition) is 20. The van der Waals surface area contributed by atoms with Gasteiger partial charge in [0.25, 0.3) is 5.91 Å². The van der Waals surface area contributed by atoms with E-state index in [1.807, 2.05) is 0 Å². The highest BCUT2D eigenvalue weighted by atomic mass is 16.7. The Hall–Kier alpha value is -8.95. The Labute approximate surface area is 473 Å². The molecule has 5 amide bonds. The van der Waals surface area contributed by atoms with Gasteiger partial charge in [-0.25, -0.2) is 4.79 Å². The molecule has 1 aliphatic heterocycles. The summed E-state index contributed by atoms with van der Waals surface area (Å²) < 4.78 is 0.381. The molecule has 458 valence electrons. The molecular formula is C50H70N10O23. The number of carboxylic acid groups (broad SMARTS) is 7. The molecule has 1 aliphatic rings. The predicted molar refractivity (Wildman–Crippen MR) is 281 cm³/mol. The average molecular weight is 1180 g/mol. The van der Waals surface area contributed by atoms with Crippen molar-refractivity contribution < 1.29 is 113 Å². The molecule has 14 N–H and O–H groups in total. The van der Waals surface area contributed by atoms with Gasteiger partial charge >= 0.3 is 47.8 Å². The maximum absolute atomic E-state index is 13.9. The summed E-state index contributed by atoms with van der Waals surface area (Å²) in [6, 6.07) is 0.148. The van der Waals surface area contributed by atoms with Gasteiger partial charge in [0.2, 0.25) is 35.4 Å². The molecule has 2 heterocycles. The van der Waals surface area contributed by atoms with Crippen molar-refractivity contribution in [3.8, 4) is 11.8 Å². The lowest BCUT2D eigenvalue weighted by Crippen LogP contribution is -2.57. The van der Waals surface area contributed by atoms with Gasteiger partial charge in [0, 0.05) is 102 Å². The van der Waals surface area contributed by atoms with E-state index >= 15 is 0 Å². The molecule has 1 aromatic carbocycles. The van der Waals surface area contributed by atoms with Crippen molar-refractivity contribution in [1.29, 1.82) is 0 Å². The maximum Gasteiger partial charge on any atom is 0.363 e. The fourth-order valence-corrected chi connectivity index (χ4v) is 8.34. The summed E-state index contributed by atoms with van der Waals surface area (Å²) in [5.41, 5.74) is -0.585. The normalized spacial score (nSPS) is 15.3. The fourth-order valence-electron chi connectivity index (χ4n) is 8.34. The molecular weight excluding hydrogens is 1110 g/mol. The minimum Gasteiger partial charge on any atom is -0.492 e. The van der Waals surface area contributed by atoms with Crippen molar-refractivity contribution in [1.82, 2.24) is 50.9 Å². The van der Waals surface area contributed by atoms with Gasteiger partial charge in [-0.3, -0.25) is 77.1 Å². The van der Waals surface area contributed by atoms with Crippen LogP contribution in [0.4, 0.5) is 0 Å². The number of nitrogens with one attached hydrogen (secondary N) is 5. The van der Waals surface area contributed by atoms with Crippen molar-refractivity contribution >= 4 is 77.3 Å². The highest BCUT2D eigenvalue weighted by molar-refractivity contribution is 6.01. The van der Waals surface area contributed by atoms with Crippen LogP contribution in [-0.2, 0) is 52.7 Å². The molecule has 4 atom stereocenters. The van der Waals surface area contributed by atoms with E-state index in [9.17, 15) is 108 Å². The molecule has 33 heteroatoms. The van der Waals surface area contributed by atoms with Crippen LogP contribution in [-0.4, -0.2) is 257 Å². The fraction of sp³-hybridized carbons (Fsp3) is 0.540. The van der Waals surface area contributed by atoms with Crippen molar-refractivity contribution in [2.24, 2.45) is 0 Å². The third-order valence-corrected chi connectivity index (χ3v) is 12.6. The monoisotopic (exact) mass is 1180 g/mol. The summed E-state index contributed by atoms with van der Waals surface area (Å²) in [6.07, 6.45) is -4.41. The summed E-state index contributed by atoms with van der Waals surface area (Å²) in [4.78, 5) is 174. The molecule has 0 saturated carbocycles. The second kappa shape index (κ2) is 35.0. The van der Waals surface area contributed by atoms with E-state index in [0.29, 0.717) is 4.73 Å². The number of aromatic hydroxyl groups is 2. The number of carbonyl (C=O) groups excluding carboxylic acids is 6.